The van der Waals surface area contributed by atoms with Crippen molar-refractivity contribution < 1.29 is 17.9 Å². The number of rotatable bonds is 9. The number of hydrogen-bond donors (Lipinski definition) is 2. The fourth-order valence-corrected chi connectivity index (χ4v) is 3.27. The maximum absolute atomic E-state index is 13.7. The van der Waals surface area contributed by atoms with E-state index in [0.29, 0.717) is 12.1 Å². The molecule has 1 rings (SSSR count). The molecule has 0 radical (unpaired) electrons. The number of aliphatic hydroxyl groups is 1. The summed E-state index contributed by atoms with van der Waals surface area (Å²) in [5.74, 6) is -0.452. The predicted octanol–water partition coefficient (Wildman–Crippen LogP) is 1.10. The lowest BCUT2D eigenvalue weighted by molar-refractivity contribution is 0.260. The van der Waals surface area contributed by atoms with Crippen LogP contribution in [0.3, 0.4) is 0 Å². The molecule has 2 N–H and O–H groups in total. The molecule has 0 aliphatic heterocycles. The van der Waals surface area contributed by atoms with Gasteiger partial charge in [-0.05, 0) is 24.7 Å². The van der Waals surface area contributed by atoms with Crippen molar-refractivity contribution in [3.8, 4) is 0 Å². The first-order valence-electron chi connectivity index (χ1n) is 6.68. The van der Waals surface area contributed by atoms with Crippen molar-refractivity contribution in [2.24, 2.45) is 0 Å². The van der Waals surface area contributed by atoms with Crippen molar-refractivity contribution in [1.82, 2.24) is 9.62 Å². The second-order valence-corrected chi connectivity index (χ2v) is 6.35. The van der Waals surface area contributed by atoms with E-state index in [-0.39, 0.29) is 31.1 Å². The van der Waals surface area contributed by atoms with Gasteiger partial charge < -0.3 is 10.4 Å². The Morgan fingerprint density at radius 3 is 2.76 bits per heavy atom. The first-order valence-corrected chi connectivity index (χ1v) is 8.12. The van der Waals surface area contributed by atoms with Crippen LogP contribution in [0.5, 0.6) is 0 Å². The quantitative estimate of drug-likeness (QED) is 0.670. The van der Waals surface area contributed by atoms with Gasteiger partial charge in [0, 0.05) is 25.2 Å². The number of benzene rings is 1. The second kappa shape index (κ2) is 8.23. The summed E-state index contributed by atoms with van der Waals surface area (Å²) >= 11 is 0. The lowest BCUT2D eigenvalue weighted by Crippen LogP contribution is -2.33. The van der Waals surface area contributed by atoms with Crippen molar-refractivity contribution in [2.45, 2.75) is 18.4 Å². The molecule has 0 aliphatic rings. The number of hydrogen-bond acceptors (Lipinski definition) is 4. The van der Waals surface area contributed by atoms with Crippen LogP contribution >= 0.6 is 0 Å². The fourth-order valence-electron chi connectivity index (χ4n) is 1.82. The zero-order valence-corrected chi connectivity index (χ0v) is 12.9. The molecule has 1 aromatic rings. The van der Waals surface area contributed by atoms with E-state index in [1.54, 1.807) is 0 Å². The molecule has 5 nitrogen and oxygen atoms in total. The Balaban J connectivity index is 3.14. The van der Waals surface area contributed by atoms with Gasteiger partial charge in [-0.15, -0.1) is 6.58 Å². The smallest absolute Gasteiger partial charge is 0.243 e. The summed E-state index contributed by atoms with van der Waals surface area (Å²) in [5.41, 5.74) is 0.292. The molecule has 0 unspecified atom stereocenters. The van der Waals surface area contributed by atoms with E-state index in [9.17, 15) is 12.8 Å². The average Bonchev–Trinajstić information content (AvgIpc) is 2.46. The minimum absolute atomic E-state index is 0.00658. The van der Waals surface area contributed by atoms with E-state index in [1.165, 1.54) is 18.2 Å². The third kappa shape index (κ3) is 4.60. The molecule has 0 heterocycles. The second-order valence-electron chi connectivity index (χ2n) is 4.41. The highest BCUT2D eigenvalue weighted by Gasteiger charge is 2.23. The number of aliphatic hydroxyl groups excluding tert-OH is 1. The van der Waals surface area contributed by atoms with Crippen LogP contribution in [0.1, 0.15) is 12.5 Å². The Morgan fingerprint density at radius 2 is 2.19 bits per heavy atom. The Labute approximate surface area is 125 Å². The largest absolute Gasteiger partial charge is 0.395 e. The van der Waals surface area contributed by atoms with Gasteiger partial charge in [-0.2, -0.15) is 4.31 Å². The standard InChI is InChI=1S/C14H21FN2O3S/c1-3-7-17(8-9-18)21(19,20)13-5-6-14(15)12(10-13)11-16-4-2/h3,5-6,10,16,18H,1,4,7-9,11H2,2H3. The topological polar surface area (TPSA) is 69.6 Å². The first kappa shape index (κ1) is 17.8. The van der Waals surface area contributed by atoms with Crippen molar-refractivity contribution in [2.75, 3.05) is 26.2 Å². The molecule has 0 atom stereocenters. The van der Waals surface area contributed by atoms with Crippen LogP contribution in [0.15, 0.2) is 35.7 Å². The molecule has 0 fully saturated rings. The Bertz CT molecular complexity index is 576. The Morgan fingerprint density at radius 1 is 1.48 bits per heavy atom. The van der Waals surface area contributed by atoms with E-state index in [1.807, 2.05) is 6.92 Å². The molecule has 21 heavy (non-hydrogen) atoms. The fraction of sp³-hybridized carbons (Fsp3) is 0.429. The zero-order valence-electron chi connectivity index (χ0n) is 12.0. The van der Waals surface area contributed by atoms with E-state index >= 15 is 0 Å². The van der Waals surface area contributed by atoms with Gasteiger partial charge in [-0.25, -0.2) is 12.8 Å². The Hall–Kier alpha value is -1.28. The average molecular weight is 316 g/mol. The van der Waals surface area contributed by atoms with Crippen LogP contribution in [-0.4, -0.2) is 44.1 Å². The third-order valence-electron chi connectivity index (χ3n) is 2.90. The molecule has 0 aromatic heterocycles. The van der Waals surface area contributed by atoms with Crippen LogP contribution in [0.2, 0.25) is 0 Å². The summed E-state index contributed by atoms with van der Waals surface area (Å²) in [5, 5.41) is 11.9. The normalized spacial score (nSPS) is 11.8. The lowest BCUT2D eigenvalue weighted by Gasteiger charge is -2.20. The Kier molecular flexibility index (Phi) is 6.97. The minimum atomic E-state index is -3.78. The third-order valence-corrected chi connectivity index (χ3v) is 4.76. The van der Waals surface area contributed by atoms with E-state index < -0.39 is 15.8 Å². The van der Waals surface area contributed by atoms with Crippen LogP contribution in [0, 0.1) is 5.82 Å². The number of nitrogens with zero attached hydrogens (tertiary/aromatic N) is 1. The summed E-state index contributed by atoms with van der Waals surface area (Å²) in [7, 11) is -3.78. The van der Waals surface area contributed by atoms with Gasteiger partial charge in [0.05, 0.1) is 11.5 Å². The van der Waals surface area contributed by atoms with E-state index in [0.717, 1.165) is 10.4 Å². The maximum Gasteiger partial charge on any atom is 0.243 e. The summed E-state index contributed by atoms with van der Waals surface area (Å²) in [6, 6.07) is 3.69. The van der Waals surface area contributed by atoms with Crippen molar-refractivity contribution in [3.63, 3.8) is 0 Å². The maximum atomic E-state index is 13.7. The van der Waals surface area contributed by atoms with E-state index in [4.69, 9.17) is 5.11 Å². The monoisotopic (exact) mass is 316 g/mol. The molecule has 0 spiro atoms. The first-order chi connectivity index (χ1) is 9.97. The van der Waals surface area contributed by atoms with Gasteiger partial charge in [-0.3, -0.25) is 0 Å². The molecule has 0 amide bonds. The molecule has 0 saturated carbocycles. The molecule has 7 heteroatoms. The van der Waals surface area contributed by atoms with Gasteiger partial charge in [0.25, 0.3) is 0 Å². The molecular weight excluding hydrogens is 295 g/mol. The minimum Gasteiger partial charge on any atom is -0.395 e. The lowest BCUT2D eigenvalue weighted by atomic mass is 10.2. The number of nitrogens with one attached hydrogen (secondary N) is 1. The highest BCUT2D eigenvalue weighted by Crippen LogP contribution is 2.19. The highest BCUT2D eigenvalue weighted by atomic mass is 32.2. The van der Waals surface area contributed by atoms with Crippen LogP contribution in [-0.2, 0) is 16.6 Å². The van der Waals surface area contributed by atoms with Crippen LogP contribution in [0.4, 0.5) is 4.39 Å². The summed E-state index contributed by atoms with van der Waals surface area (Å²) < 4.78 is 39.7. The molecular formula is C14H21FN2O3S. The summed E-state index contributed by atoms with van der Waals surface area (Å²) in [6.45, 7) is 6.06. The molecule has 0 aliphatic carbocycles. The van der Waals surface area contributed by atoms with Gasteiger partial charge in [0.2, 0.25) is 10.0 Å². The van der Waals surface area contributed by atoms with Crippen LogP contribution < -0.4 is 5.32 Å². The van der Waals surface area contributed by atoms with Crippen LogP contribution in [0.25, 0.3) is 0 Å². The molecule has 0 saturated heterocycles. The highest BCUT2D eigenvalue weighted by molar-refractivity contribution is 7.89. The molecule has 0 bridgehead atoms. The zero-order chi connectivity index (χ0) is 15.9. The number of sulfonamides is 1. The molecule has 118 valence electrons. The van der Waals surface area contributed by atoms with Gasteiger partial charge >= 0.3 is 0 Å². The number of halogens is 1. The van der Waals surface area contributed by atoms with Crippen molar-refractivity contribution in [1.29, 1.82) is 0 Å². The van der Waals surface area contributed by atoms with Gasteiger partial charge in [0.1, 0.15) is 5.82 Å². The van der Waals surface area contributed by atoms with E-state index in [2.05, 4.69) is 11.9 Å². The van der Waals surface area contributed by atoms with Gasteiger partial charge in [-0.1, -0.05) is 13.0 Å². The SMILES string of the molecule is C=CCN(CCO)S(=O)(=O)c1ccc(F)c(CNCC)c1. The van der Waals surface area contributed by atoms with Crippen molar-refractivity contribution in [3.05, 3.63) is 42.2 Å². The summed E-state index contributed by atoms with van der Waals surface area (Å²) in [4.78, 5) is 0.00658. The summed E-state index contributed by atoms with van der Waals surface area (Å²) in [6.07, 6.45) is 1.44. The van der Waals surface area contributed by atoms with Gasteiger partial charge in [0.15, 0.2) is 0 Å². The van der Waals surface area contributed by atoms with Crippen molar-refractivity contribution >= 4 is 10.0 Å². The predicted molar refractivity (Wildman–Crippen MR) is 79.8 cm³/mol. The molecule has 1 aromatic carbocycles.